The Morgan fingerprint density at radius 1 is 1.28 bits per heavy atom. The summed E-state index contributed by atoms with van der Waals surface area (Å²) in [5.41, 5.74) is 0. The summed E-state index contributed by atoms with van der Waals surface area (Å²) >= 11 is 0. The van der Waals surface area contributed by atoms with Gasteiger partial charge in [0.05, 0.1) is 18.3 Å². The zero-order valence-electron chi connectivity index (χ0n) is 15.2. The van der Waals surface area contributed by atoms with Gasteiger partial charge in [-0.1, -0.05) is 25.5 Å². The predicted molar refractivity (Wildman–Crippen MR) is 106 cm³/mol. The van der Waals surface area contributed by atoms with Crippen LogP contribution in [0.3, 0.4) is 0 Å². The average molecular weight is 392 g/mol. The lowest BCUT2D eigenvalue weighted by atomic mass is 9.85. The van der Waals surface area contributed by atoms with Crippen molar-refractivity contribution in [3.05, 3.63) is 12.2 Å². The number of hydrogen-bond donors (Lipinski definition) is 2. The molecule has 1 aliphatic rings. The van der Waals surface area contributed by atoms with E-state index in [1.807, 2.05) is 6.08 Å². The molecule has 0 amide bonds. The number of aliphatic carboxylic acids is 1. The first kappa shape index (κ1) is 23.0. The van der Waals surface area contributed by atoms with E-state index in [1.165, 1.54) is 0 Å². The molecule has 2 N–H and O–H groups in total. The van der Waals surface area contributed by atoms with Gasteiger partial charge in [0, 0.05) is 31.8 Å². The van der Waals surface area contributed by atoms with Crippen molar-refractivity contribution in [2.45, 2.75) is 83.0 Å². The molecular formula is C18H34O5P2. The van der Waals surface area contributed by atoms with Gasteiger partial charge in [0.2, 0.25) is 0 Å². The summed E-state index contributed by atoms with van der Waals surface area (Å²) in [6.45, 7) is 2.16. The minimum absolute atomic E-state index is 0.0668. The van der Waals surface area contributed by atoms with Crippen LogP contribution in [0.1, 0.15) is 64.7 Å². The molecule has 0 aromatic rings. The largest absolute Gasteiger partial charge is 0.481 e. The number of hydrogen-bond acceptors (Lipinski definition) is 4. The van der Waals surface area contributed by atoms with Crippen molar-refractivity contribution >= 4 is 24.9 Å². The molecule has 0 heterocycles. The molecule has 5 nitrogen and oxygen atoms in total. The van der Waals surface area contributed by atoms with Gasteiger partial charge in [-0.3, -0.25) is 4.79 Å². The zero-order valence-corrected chi connectivity index (χ0v) is 17.5. The first-order chi connectivity index (χ1) is 12.0. The van der Waals surface area contributed by atoms with Crippen molar-refractivity contribution in [1.82, 2.24) is 0 Å². The highest BCUT2D eigenvalue weighted by Crippen LogP contribution is 2.41. The summed E-state index contributed by atoms with van der Waals surface area (Å²) in [5.74, 6) is -0.248. The van der Waals surface area contributed by atoms with Crippen LogP contribution in [0.15, 0.2) is 12.2 Å². The topological polar surface area (TPSA) is 76.0 Å². The number of carboxylic acids is 1. The van der Waals surface area contributed by atoms with Crippen molar-refractivity contribution in [3.63, 3.8) is 0 Å². The van der Waals surface area contributed by atoms with Gasteiger partial charge >= 0.3 is 5.97 Å². The Bertz CT molecular complexity index is 405. The minimum Gasteiger partial charge on any atom is -0.481 e. The molecule has 2 unspecified atom stereocenters. The van der Waals surface area contributed by atoms with E-state index < -0.39 is 5.97 Å². The molecule has 7 heteroatoms. The third-order valence-corrected chi connectivity index (χ3v) is 5.87. The van der Waals surface area contributed by atoms with Crippen molar-refractivity contribution in [2.24, 2.45) is 11.8 Å². The van der Waals surface area contributed by atoms with Crippen LogP contribution >= 0.6 is 18.9 Å². The molecule has 25 heavy (non-hydrogen) atoms. The van der Waals surface area contributed by atoms with Crippen LogP contribution in [0.2, 0.25) is 0 Å². The summed E-state index contributed by atoms with van der Waals surface area (Å²) in [6.07, 6.45) is 11.3. The van der Waals surface area contributed by atoms with Crippen molar-refractivity contribution in [1.29, 1.82) is 0 Å². The lowest BCUT2D eigenvalue weighted by Crippen LogP contribution is -2.24. The number of carbonyl (C=O) groups is 1. The Hall–Kier alpha value is -0.0500. The van der Waals surface area contributed by atoms with E-state index in [-0.39, 0.29) is 30.7 Å². The van der Waals surface area contributed by atoms with Gasteiger partial charge in [0.1, 0.15) is 0 Å². The monoisotopic (exact) mass is 392 g/mol. The number of carboxylic acid groups (broad SMARTS) is 1. The lowest BCUT2D eigenvalue weighted by molar-refractivity contribution is -0.137. The van der Waals surface area contributed by atoms with E-state index in [2.05, 4.69) is 31.9 Å². The highest BCUT2D eigenvalue weighted by molar-refractivity contribution is 7.10. The van der Waals surface area contributed by atoms with Gasteiger partial charge in [-0.2, -0.15) is 0 Å². The SMILES string of the molecule is CCC[C@H](CC[C@@H]1[C@@H](C/C=C\CCCC(=O)O)[C@@H](O)C[C@H]1OP)OP. The second kappa shape index (κ2) is 13.2. The molecule has 1 fully saturated rings. The Labute approximate surface area is 156 Å². The molecule has 7 atom stereocenters. The molecule has 0 saturated heterocycles. The van der Waals surface area contributed by atoms with E-state index in [9.17, 15) is 9.90 Å². The molecule has 0 bridgehead atoms. The molecule has 0 aromatic carbocycles. The maximum absolute atomic E-state index is 10.5. The van der Waals surface area contributed by atoms with Crippen molar-refractivity contribution in [2.75, 3.05) is 0 Å². The second-order valence-corrected chi connectivity index (χ2v) is 7.47. The van der Waals surface area contributed by atoms with Crippen molar-refractivity contribution < 1.29 is 24.1 Å². The maximum atomic E-state index is 10.5. The summed E-state index contributed by atoms with van der Waals surface area (Å²) in [6, 6.07) is 0. The minimum atomic E-state index is -0.752. The standard InChI is InChI=1S/C18H34O5P2/c1-2-7-13(22-24)10-11-15-14(16(19)12-17(15)23-25)8-5-3-4-6-9-18(20)21/h3,5,13-17,19H,2,4,6-12,24-25H2,1H3,(H,20,21)/b5-3-/t13-,14-,15-,16+,17-/m1/s1. The fourth-order valence-corrected chi connectivity index (χ4v) is 4.35. The number of aliphatic hydroxyl groups excluding tert-OH is 1. The van der Waals surface area contributed by atoms with Crippen LogP contribution < -0.4 is 0 Å². The number of aliphatic hydroxyl groups is 1. The van der Waals surface area contributed by atoms with Gasteiger partial charge in [0.25, 0.3) is 0 Å². The average Bonchev–Trinajstić information content (AvgIpc) is 2.89. The van der Waals surface area contributed by atoms with Crippen LogP contribution in [0.5, 0.6) is 0 Å². The normalized spacial score (nSPS) is 27.8. The van der Waals surface area contributed by atoms with E-state index in [4.69, 9.17) is 14.2 Å². The fraction of sp³-hybridized carbons (Fsp3) is 0.833. The molecule has 1 saturated carbocycles. The summed E-state index contributed by atoms with van der Waals surface area (Å²) < 4.78 is 11.0. The second-order valence-electron chi connectivity index (χ2n) is 6.92. The molecule has 0 spiro atoms. The zero-order chi connectivity index (χ0) is 18.7. The van der Waals surface area contributed by atoms with Gasteiger partial charge in [-0.25, -0.2) is 0 Å². The predicted octanol–water partition coefficient (Wildman–Crippen LogP) is 4.12. The molecule has 0 aliphatic heterocycles. The van der Waals surface area contributed by atoms with E-state index in [0.29, 0.717) is 18.8 Å². The Balaban J connectivity index is 2.52. The highest BCUT2D eigenvalue weighted by atomic mass is 31.0. The summed E-state index contributed by atoms with van der Waals surface area (Å²) in [7, 11) is 4.72. The van der Waals surface area contributed by atoms with E-state index in [0.717, 1.165) is 38.5 Å². The molecule has 0 radical (unpaired) electrons. The molecule has 146 valence electrons. The number of rotatable bonds is 13. The number of allylic oxidation sites excluding steroid dienone is 2. The van der Waals surface area contributed by atoms with Crippen LogP contribution in [-0.4, -0.2) is 34.5 Å². The van der Waals surface area contributed by atoms with Gasteiger partial charge in [0.15, 0.2) is 0 Å². The quantitative estimate of drug-likeness (QED) is 0.280. The van der Waals surface area contributed by atoms with Crippen LogP contribution in [0.4, 0.5) is 0 Å². The molecular weight excluding hydrogens is 358 g/mol. The number of unbranched alkanes of at least 4 members (excludes halogenated alkanes) is 1. The van der Waals surface area contributed by atoms with Gasteiger partial charge < -0.3 is 19.3 Å². The third-order valence-electron chi connectivity index (χ3n) is 5.13. The highest BCUT2D eigenvalue weighted by Gasteiger charge is 2.41. The molecule has 1 aliphatic carbocycles. The molecule has 0 aromatic heterocycles. The summed E-state index contributed by atoms with van der Waals surface area (Å²) in [5, 5.41) is 19.1. The van der Waals surface area contributed by atoms with E-state index >= 15 is 0 Å². The maximum Gasteiger partial charge on any atom is 0.303 e. The van der Waals surface area contributed by atoms with Crippen LogP contribution in [0.25, 0.3) is 0 Å². The lowest BCUT2D eigenvalue weighted by Gasteiger charge is -2.25. The molecule has 1 rings (SSSR count). The summed E-state index contributed by atoms with van der Waals surface area (Å²) in [4.78, 5) is 10.5. The van der Waals surface area contributed by atoms with Gasteiger partial charge in [-0.15, -0.1) is 0 Å². The Morgan fingerprint density at radius 3 is 2.64 bits per heavy atom. The fourth-order valence-electron chi connectivity index (χ4n) is 3.76. The van der Waals surface area contributed by atoms with E-state index in [1.54, 1.807) is 0 Å². The third kappa shape index (κ3) is 8.45. The first-order valence-corrected chi connectivity index (χ1v) is 10.2. The first-order valence-electron chi connectivity index (χ1n) is 9.29. The van der Waals surface area contributed by atoms with Crippen molar-refractivity contribution in [3.8, 4) is 0 Å². The smallest absolute Gasteiger partial charge is 0.303 e. The Kier molecular flexibility index (Phi) is 12.1. The van der Waals surface area contributed by atoms with Crippen LogP contribution in [0, 0.1) is 11.8 Å². The van der Waals surface area contributed by atoms with Crippen LogP contribution in [-0.2, 0) is 13.8 Å². The van der Waals surface area contributed by atoms with Gasteiger partial charge in [-0.05, 0) is 50.4 Å². The Morgan fingerprint density at radius 2 is 2.04 bits per heavy atom.